The molecule has 0 radical (unpaired) electrons. The van der Waals surface area contributed by atoms with Gasteiger partial charge in [0.25, 0.3) is 0 Å². The molecule has 0 bridgehead atoms. The van der Waals surface area contributed by atoms with Crippen molar-refractivity contribution in [2.75, 3.05) is 25.6 Å². The van der Waals surface area contributed by atoms with Crippen molar-refractivity contribution in [3.63, 3.8) is 0 Å². The summed E-state index contributed by atoms with van der Waals surface area (Å²) in [5.41, 5.74) is 2.88. The SMILES string of the molecule is Cc1ccc(OCC(=O)O)c(-c2ccnc(N(C)C)c2)c1. The largest absolute Gasteiger partial charge is 0.481 e. The second-order valence-electron chi connectivity index (χ2n) is 4.98. The standard InChI is InChI=1S/C16H18N2O3/c1-11-4-5-14(21-10-16(19)20)13(8-11)12-6-7-17-15(9-12)18(2)3/h4-9H,10H2,1-3H3,(H,19,20). The zero-order chi connectivity index (χ0) is 15.4. The van der Waals surface area contributed by atoms with Crippen LogP contribution in [0.4, 0.5) is 5.82 Å². The average Bonchev–Trinajstić information content (AvgIpc) is 2.46. The molecule has 2 aromatic rings. The van der Waals surface area contributed by atoms with Gasteiger partial charge >= 0.3 is 5.97 Å². The van der Waals surface area contributed by atoms with Gasteiger partial charge in [0.05, 0.1) is 0 Å². The van der Waals surface area contributed by atoms with Crippen molar-refractivity contribution in [3.05, 3.63) is 42.1 Å². The number of hydrogen-bond donors (Lipinski definition) is 1. The maximum atomic E-state index is 10.7. The second-order valence-corrected chi connectivity index (χ2v) is 4.98. The molecule has 5 heteroatoms. The van der Waals surface area contributed by atoms with Crippen LogP contribution in [0.3, 0.4) is 0 Å². The Balaban J connectivity index is 2.43. The van der Waals surface area contributed by atoms with Crippen molar-refractivity contribution in [3.8, 4) is 16.9 Å². The Bertz CT molecular complexity index is 654. The summed E-state index contributed by atoms with van der Waals surface area (Å²) >= 11 is 0. The number of anilines is 1. The van der Waals surface area contributed by atoms with Crippen molar-refractivity contribution in [1.29, 1.82) is 0 Å². The molecule has 0 amide bonds. The van der Waals surface area contributed by atoms with E-state index in [4.69, 9.17) is 9.84 Å². The molecule has 1 aromatic heterocycles. The first-order valence-electron chi connectivity index (χ1n) is 6.56. The normalized spacial score (nSPS) is 10.2. The highest BCUT2D eigenvalue weighted by Crippen LogP contribution is 2.32. The van der Waals surface area contributed by atoms with Gasteiger partial charge in [0.1, 0.15) is 11.6 Å². The molecule has 0 spiro atoms. The first kappa shape index (κ1) is 14.8. The van der Waals surface area contributed by atoms with E-state index in [0.29, 0.717) is 5.75 Å². The number of ether oxygens (including phenoxy) is 1. The van der Waals surface area contributed by atoms with Gasteiger partial charge in [-0.3, -0.25) is 0 Å². The van der Waals surface area contributed by atoms with Gasteiger partial charge in [0, 0.05) is 25.9 Å². The maximum Gasteiger partial charge on any atom is 0.341 e. The first-order chi connectivity index (χ1) is 9.97. The number of aromatic nitrogens is 1. The fourth-order valence-corrected chi connectivity index (χ4v) is 1.97. The number of carboxylic acid groups (broad SMARTS) is 1. The van der Waals surface area contributed by atoms with Crippen molar-refractivity contribution < 1.29 is 14.6 Å². The van der Waals surface area contributed by atoms with E-state index < -0.39 is 5.97 Å². The van der Waals surface area contributed by atoms with E-state index in [2.05, 4.69) is 4.98 Å². The molecule has 21 heavy (non-hydrogen) atoms. The molecule has 5 nitrogen and oxygen atoms in total. The van der Waals surface area contributed by atoms with Crippen molar-refractivity contribution >= 4 is 11.8 Å². The number of hydrogen-bond acceptors (Lipinski definition) is 4. The van der Waals surface area contributed by atoms with Gasteiger partial charge in [-0.05, 0) is 36.8 Å². The summed E-state index contributed by atoms with van der Waals surface area (Å²) in [6.45, 7) is 1.63. The van der Waals surface area contributed by atoms with Crippen LogP contribution >= 0.6 is 0 Å². The number of benzene rings is 1. The Morgan fingerprint density at radius 2 is 2.05 bits per heavy atom. The van der Waals surface area contributed by atoms with Gasteiger partial charge in [-0.25, -0.2) is 9.78 Å². The third kappa shape index (κ3) is 3.72. The summed E-state index contributed by atoms with van der Waals surface area (Å²) in [4.78, 5) is 16.9. The van der Waals surface area contributed by atoms with E-state index in [1.165, 1.54) is 0 Å². The quantitative estimate of drug-likeness (QED) is 0.915. The number of carboxylic acids is 1. The summed E-state index contributed by atoms with van der Waals surface area (Å²) < 4.78 is 5.37. The first-order valence-corrected chi connectivity index (χ1v) is 6.56. The highest BCUT2D eigenvalue weighted by Gasteiger charge is 2.10. The highest BCUT2D eigenvalue weighted by molar-refractivity contribution is 5.74. The molecular formula is C16H18N2O3. The van der Waals surface area contributed by atoms with Crippen molar-refractivity contribution in [2.24, 2.45) is 0 Å². The van der Waals surface area contributed by atoms with E-state index in [1.807, 2.05) is 50.2 Å². The molecule has 0 fully saturated rings. The predicted octanol–water partition coefficient (Wildman–Crippen LogP) is 2.59. The molecule has 0 saturated heterocycles. The minimum Gasteiger partial charge on any atom is -0.481 e. The van der Waals surface area contributed by atoms with Gasteiger partial charge < -0.3 is 14.7 Å². The van der Waals surface area contributed by atoms with Gasteiger partial charge in [-0.15, -0.1) is 0 Å². The molecule has 0 unspecified atom stereocenters. The number of carbonyl (C=O) groups is 1. The number of aryl methyl sites for hydroxylation is 1. The lowest BCUT2D eigenvalue weighted by Gasteiger charge is -2.15. The summed E-state index contributed by atoms with van der Waals surface area (Å²) in [5, 5.41) is 8.77. The van der Waals surface area contributed by atoms with E-state index in [-0.39, 0.29) is 6.61 Å². The molecule has 1 aromatic carbocycles. The van der Waals surface area contributed by atoms with Gasteiger partial charge in [-0.2, -0.15) is 0 Å². The monoisotopic (exact) mass is 286 g/mol. The van der Waals surface area contributed by atoms with Crippen LogP contribution in [-0.4, -0.2) is 36.8 Å². The third-order valence-electron chi connectivity index (χ3n) is 3.00. The van der Waals surface area contributed by atoms with Gasteiger partial charge in [0.15, 0.2) is 6.61 Å². The highest BCUT2D eigenvalue weighted by atomic mass is 16.5. The Kier molecular flexibility index (Phi) is 4.42. The van der Waals surface area contributed by atoms with Crippen LogP contribution in [0.2, 0.25) is 0 Å². The number of nitrogens with zero attached hydrogens (tertiary/aromatic N) is 2. The summed E-state index contributed by atoms with van der Waals surface area (Å²) in [5.74, 6) is 0.391. The summed E-state index contributed by atoms with van der Waals surface area (Å²) in [7, 11) is 3.84. The number of pyridine rings is 1. The van der Waals surface area contributed by atoms with E-state index >= 15 is 0 Å². The smallest absolute Gasteiger partial charge is 0.341 e. The van der Waals surface area contributed by atoms with Crippen LogP contribution in [0.1, 0.15) is 5.56 Å². The van der Waals surface area contributed by atoms with Gasteiger partial charge in [0.2, 0.25) is 0 Å². The third-order valence-corrected chi connectivity index (χ3v) is 3.00. The fraction of sp³-hybridized carbons (Fsp3) is 0.250. The topological polar surface area (TPSA) is 62.7 Å². The second kappa shape index (κ2) is 6.26. The lowest BCUT2D eigenvalue weighted by molar-refractivity contribution is -0.139. The molecule has 0 aliphatic carbocycles. The minimum absolute atomic E-state index is 0.359. The van der Waals surface area contributed by atoms with Crippen molar-refractivity contribution in [2.45, 2.75) is 6.92 Å². The maximum absolute atomic E-state index is 10.7. The fourth-order valence-electron chi connectivity index (χ4n) is 1.97. The molecule has 0 saturated carbocycles. The Morgan fingerprint density at radius 3 is 2.71 bits per heavy atom. The van der Waals surface area contributed by atoms with Crippen LogP contribution in [0.15, 0.2) is 36.5 Å². The van der Waals surface area contributed by atoms with Crippen LogP contribution in [0.25, 0.3) is 11.1 Å². The lowest BCUT2D eigenvalue weighted by Crippen LogP contribution is -2.11. The molecule has 0 aliphatic heterocycles. The Morgan fingerprint density at radius 1 is 1.29 bits per heavy atom. The van der Waals surface area contributed by atoms with Crippen LogP contribution in [-0.2, 0) is 4.79 Å². The molecule has 1 heterocycles. The predicted molar refractivity (Wildman–Crippen MR) is 81.9 cm³/mol. The zero-order valence-corrected chi connectivity index (χ0v) is 12.3. The zero-order valence-electron chi connectivity index (χ0n) is 12.3. The van der Waals surface area contributed by atoms with Gasteiger partial charge in [-0.1, -0.05) is 11.6 Å². The van der Waals surface area contributed by atoms with E-state index in [9.17, 15) is 4.79 Å². The molecular weight excluding hydrogens is 268 g/mol. The van der Waals surface area contributed by atoms with Crippen LogP contribution < -0.4 is 9.64 Å². The lowest BCUT2D eigenvalue weighted by atomic mass is 10.0. The number of rotatable bonds is 5. The number of aliphatic carboxylic acids is 1. The molecule has 1 N–H and O–H groups in total. The Labute approximate surface area is 123 Å². The molecule has 2 rings (SSSR count). The average molecular weight is 286 g/mol. The summed E-state index contributed by atoms with van der Waals surface area (Å²) in [6.07, 6.45) is 1.73. The summed E-state index contributed by atoms with van der Waals surface area (Å²) in [6, 6.07) is 9.50. The van der Waals surface area contributed by atoms with Crippen molar-refractivity contribution in [1.82, 2.24) is 4.98 Å². The molecule has 0 atom stereocenters. The van der Waals surface area contributed by atoms with Crippen LogP contribution in [0, 0.1) is 6.92 Å². The van der Waals surface area contributed by atoms with Crippen LogP contribution in [0.5, 0.6) is 5.75 Å². The van der Waals surface area contributed by atoms with E-state index in [0.717, 1.165) is 22.5 Å². The van der Waals surface area contributed by atoms with E-state index in [1.54, 1.807) is 12.3 Å². The Hall–Kier alpha value is -2.56. The minimum atomic E-state index is -0.995. The molecule has 110 valence electrons. The molecule has 0 aliphatic rings.